The molecule has 176 valence electrons. The maximum absolute atomic E-state index is 15.1. The zero-order chi connectivity index (χ0) is 24.0. The normalized spacial score (nSPS) is 19.9. The predicted octanol–water partition coefficient (Wildman–Crippen LogP) is 7.12. The van der Waals surface area contributed by atoms with Crippen LogP contribution in [0.5, 0.6) is 5.75 Å². The number of alkyl halides is 2. The van der Waals surface area contributed by atoms with Crippen LogP contribution in [0.15, 0.2) is 42.5 Å². The number of benzene rings is 2. The molecule has 4 nitrogen and oxygen atoms in total. The van der Waals surface area contributed by atoms with Crippen molar-refractivity contribution in [3.8, 4) is 5.75 Å². The number of rotatable bonds is 2. The van der Waals surface area contributed by atoms with E-state index in [1.165, 1.54) is 18.2 Å². The second-order valence-corrected chi connectivity index (χ2v) is 9.71. The fourth-order valence-electron chi connectivity index (χ4n) is 4.07. The number of hydrogen-bond acceptors (Lipinski definition) is 3. The average molecular weight is 480 g/mol. The summed E-state index contributed by atoms with van der Waals surface area (Å²) in [5.41, 5.74) is 0.523. The smallest absolute Gasteiger partial charge is 0.410 e. The van der Waals surface area contributed by atoms with Crippen molar-refractivity contribution < 1.29 is 27.4 Å². The fraction of sp³-hybridized carbons (Fsp3) is 0.400. The van der Waals surface area contributed by atoms with Crippen molar-refractivity contribution in [3.05, 3.63) is 70.0 Å². The van der Waals surface area contributed by atoms with E-state index in [4.69, 9.17) is 21.1 Å². The van der Waals surface area contributed by atoms with E-state index in [9.17, 15) is 9.18 Å². The lowest BCUT2D eigenvalue weighted by Gasteiger charge is -2.35. The largest absolute Gasteiger partial charge is 0.484 e. The highest BCUT2D eigenvalue weighted by molar-refractivity contribution is 6.30. The van der Waals surface area contributed by atoms with Gasteiger partial charge in [0.25, 0.3) is 5.92 Å². The van der Waals surface area contributed by atoms with Crippen LogP contribution in [-0.4, -0.2) is 29.7 Å². The molecule has 0 aromatic heterocycles. The van der Waals surface area contributed by atoms with E-state index in [0.717, 1.165) is 11.6 Å². The van der Waals surface area contributed by atoms with Crippen molar-refractivity contribution >= 4 is 23.3 Å². The maximum Gasteiger partial charge on any atom is 0.410 e. The van der Waals surface area contributed by atoms with E-state index >= 15 is 8.78 Å². The van der Waals surface area contributed by atoms with Gasteiger partial charge in [0.1, 0.15) is 23.3 Å². The first kappa shape index (κ1) is 23.5. The Morgan fingerprint density at radius 1 is 1.24 bits per heavy atom. The first-order chi connectivity index (χ1) is 15.4. The molecular formula is C25H25ClF3NO3. The standard InChI is InChI=1S/C25H25ClF3NO3/c1-24(2,3)33-23(31)30-11-9-15(10-12-30)17-5-4-6-19-22(17)32-21(14-25(19,28)29)18-8-7-16(26)13-20(18)27/h4-9,13,21H,10-12,14H2,1-3H3. The molecule has 0 radical (unpaired) electrons. The molecular weight excluding hydrogens is 455 g/mol. The number of para-hydroxylation sites is 1. The van der Waals surface area contributed by atoms with Crippen LogP contribution in [0.4, 0.5) is 18.0 Å². The van der Waals surface area contributed by atoms with Gasteiger partial charge in [0, 0.05) is 29.2 Å². The number of halogens is 4. The first-order valence-corrected chi connectivity index (χ1v) is 11.1. The van der Waals surface area contributed by atoms with Gasteiger partial charge in [-0.15, -0.1) is 0 Å². The monoisotopic (exact) mass is 479 g/mol. The zero-order valence-corrected chi connectivity index (χ0v) is 19.4. The third-order valence-electron chi connectivity index (χ3n) is 5.63. The van der Waals surface area contributed by atoms with Crippen molar-refractivity contribution in [3.63, 3.8) is 0 Å². The summed E-state index contributed by atoms with van der Waals surface area (Å²) in [5.74, 6) is -3.84. The summed E-state index contributed by atoms with van der Waals surface area (Å²) >= 11 is 5.82. The van der Waals surface area contributed by atoms with Gasteiger partial charge in [-0.3, -0.25) is 0 Å². The molecule has 8 heteroatoms. The van der Waals surface area contributed by atoms with Gasteiger partial charge in [-0.25, -0.2) is 18.0 Å². The van der Waals surface area contributed by atoms with Crippen molar-refractivity contribution in [2.24, 2.45) is 0 Å². The van der Waals surface area contributed by atoms with E-state index in [1.807, 2.05) is 6.08 Å². The summed E-state index contributed by atoms with van der Waals surface area (Å²) in [7, 11) is 0. The fourth-order valence-corrected chi connectivity index (χ4v) is 4.23. The number of carbonyl (C=O) groups excluding carboxylic acids is 1. The quantitative estimate of drug-likeness (QED) is 0.460. The summed E-state index contributed by atoms with van der Waals surface area (Å²) in [6.45, 7) is 6.06. The Kier molecular flexibility index (Phi) is 6.12. The molecule has 0 saturated carbocycles. The van der Waals surface area contributed by atoms with Crippen LogP contribution in [0.2, 0.25) is 5.02 Å². The third-order valence-corrected chi connectivity index (χ3v) is 5.86. The number of hydrogen-bond donors (Lipinski definition) is 0. The lowest BCUT2D eigenvalue weighted by molar-refractivity contribution is -0.0665. The van der Waals surface area contributed by atoms with Crippen LogP contribution in [0.25, 0.3) is 5.57 Å². The summed E-state index contributed by atoms with van der Waals surface area (Å²) in [4.78, 5) is 13.9. The lowest BCUT2D eigenvalue weighted by atomic mass is 9.89. The molecule has 2 aromatic rings. The van der Waals surface area contributed by atoms with Gasteiger partial charge in [-0.2, -0.15) is 0 Å². The Bertz CT molecular complexity index is 1110. The van der Waals surface area contributed by atoms with Crippen LogP contribution < -0.4 is 4.74 Å². The number of amides is 1. The van der Waals surface area contributed by atoms with Gasteiger partial charge in [-0.05, 0) is 51.0 Å². The zero-order valence-electron chi connectivity index (χ0n) is 18.6. The Labute approximate surface area is 195 Å². The second kappa shape index (κ2) is 8.60. The molecule has 0 bridgehead atoms. The van der Waals surface area contributed by atoms with Gasteiger partial charge in [0.15, 0.2) is 0 Å². The van der Waals surface area contributed by atoms with Gasteiger partial charge in [0.2, 0.25) is 0 Å². The second-order valence-electron chi connectivity index (χ2n) is 9.27. The third kappa shape index (κ3) is 4.98. The maximum atomic E-state index is 15.1. The highest BCUT2D eigenvalue weighted by Gasteiger charge is 2.45. The number of nitrogens with zero attached hydrogens (tertiary/aromatic N) is 1. The molecule has 0 aliphatic carbocycles. The molecule has 33 heavy (non-hydrogen) atoms. The van der Waals surface area contributed by atoms with E-state index in [0.29, 0.717) is 25.1 Å². The van der Waals surface area contributed by atoms with Gasteiger partial charge in [-0.1, -0.05) is 35.9 Å². The molecule has 1 atom stereocenters. The molecule has 1 unspecified atom stereocenters. The highest BCUT2D eigenvalue weighted by Crippen LogP contribution is 2.51. The molecule has 2 aliphatic rings. The number of carbonyl (C=O) groups is 1. The first-order valence-electron chi connectivity index (χ1n) is 10.7. The molecule has 2 aromatic carbocycles. The lowest BCUT2D eigenvalue weighted by Crippen LogP contribution is -2.39. The molecule has 0 saturated heterocycles. The van der Waals surface area contributed by atoms with Crippen LogP contribution in [0, 0.1) is 5.82 Å². The average Bonchev–Trinajstić information content (AvgIpc) is 2.72. The number of ether oxygens (including phenoxy) is 2. The highest BCUT2D eigenvalue weighted by atomic mass is 35.5. The Hall–Kier alpha value is -2.67. The van der Waals surface area contributed by atoms with Crippen molar-refractivity contribution in [1.29, 1.82) is 0 Å². The van der Waals surface area contributed by atoms with Gasteiger partial charge in [0.05, 0.1) is 12.0 Å². The van der Waals surface area contributed by atoms with Crippen LogP contribution in [-0.2, 0) is 10.7 Å². The molecule has 0 N–H and O–H groups in total. The van der Waals surface area contributed by atoms with E-state index in [-0.39, 0.29) is 21.9 Å². The Morgan fingerprint density at radius 2 is 2.00 bits per heavy atom. The molecule has 2 heterocycles. The molecule has 1 amide bonds. The van der Waals surface area contributed by atoms with Crippen LogP contribution in [0.3, 0.4) is 0 Å². The van der Waals surface area contributed by atoms with Gasteiger partial charge < -0.3 is 14.4 Å². The number of fused-ring (bicyclic) bond motifs is 1. The van der Waals surface area contributed by atoms with Crippen molar-refractivity contribution in [2.45, 2.75) is 51.2 Å². The summed E-state index contributed by atoms with van der Waals surface area (Å²) in [6, 6.07) is 8.54. The minimum absolute atomic E-state index is 0.0354. The summed E-state index contributed by atoms with van der Waals surface area (Å²) in [6.07, 6.45) is 0.0112. The van der Waals surface area contributed by atoms with Crippen LogP contribution in [0.1, 0.15) is 56.4 Å². The van der Waals surface area contributed by atoms with E-state index < -0.39 is 36.0 Å². The van der Waals surface area contributed by atoms with E-state index in [2.05, 4.69) is 0 Å². The summed E-state index contributed by atoms with van der Waals surface area (Å²) < 4.78 is 56.1. The van der Waals surface area contributed by atoms with Gasteiger partial charge >= 0.3 is 6.09 Å². The van der Waals surface area contributed by atoms with Crippen molar-refractivity contribution in [2.75, 3.05) is 13.1 Å². The SMILES string of the molecule is CC(C)(C)OC(=O)N1CC=C(c2cccc3c2OC(c2ccc(Cl)cc2F)CC3(F)F)CC1. The molecule has 0 fully saturated rings. The molecule has 2 aliphatic heterocycles. The summed E-state index contributed by atoms with van der Waals surface area (Å²) in [5, 5.41) is 0.182. The predicted molar refractivity (Wildman–Crippen MR) is 120 cm³/mol. The van der Waals surface area contributed by atoms with Crippen molar-refractivity contribution in [1.82, 2.24) is 4.90 Å². The molecule has 0 spiro atoms. The van der Waals surface area contributed by atoms with Crippen LogP contribution >= 0.6 is 11.6 Å². The van der Waals surface area contributed by atoms with E-state index in [1.54, 1.807) is 37.8 Å². The molecule has 4 rings (SSSR count). The minimum Gasteiger partial charge on any atom is -0.484 e. The minimum atomic E-state index is -3.20. The topological polar surface area (TPSA) is 38.8 Å². The Morgan fingerprint density at radius 3 is 2.64 bits per heavy atom. The Balaban J connectivity index is 1.64.